The maximum absolute atomic E-state index is 11.8. The summed E-state index contributed by atoms with van der Waals surface area (Å²) < 4.78 is 0. The van der Waals surface area contributed by atoms with E-state index in [1.54, 1.807) is 11.3 Å². The summed E-state index contributed by atoms with van der Waals surface area (Å²) in [6.45, 7) is 6.42. The highest BCUT2D eigenvalue weighted by molar-refractivity contribution is 7.09. The first-order valence-electron chi connectivity index (χ1n) is 6.56. The predicted octanol–water partition coefficient (Wildman–Crippen LogP) is 3.32. The van der Waals surface area contributed by atoms with E-state index in [-0.39, 0.29) is 12.1 Å². The summed E-state index contributed by atoms with van der Waals surface area (Å²) in [4.78, 5) is 16.1. The van der Waals surface area contributed by atoms with Gasteiger partial charge in [0.05, 0.1) is 12.6 Å². The lowest BCUT2D eigenvalue weighted by molar-refractivity contribution is 0.237. The van der Waals surface area contributed by atoms with E-state index in [0.717, 1.165) is 16.3 Å². The first-order valence-corrected chi connectivity index (χ1v) is 7.44. The number of amides is 2. The van der Waals surface area contributed by atoms with Crippen LogP contribution in [0.1, 0.15) is 34.8 Å². The van der Waals surface area contributed by atoms with Crippen molar-refractivity contribution in [3.8, 4) is 0 Å². The number of thiazole rings is 1. The molecule has 2 rings (SSSR count). The summed E-state index contributed by atoms with van der Waals surface area (Å²) in [5.74, 6) is 0. The zero-order valence-corrected chi connectivity index (χ0v) is 12.8. The van der Waals surface area contributed by atoms with Gasteiger partial charge in [-0.25, -0.2) is 9.78 Å². The van der Waals surface area contributed by atoms with Crippen LogP contribution in [0.25, 0.3) is 0 Å². The van der Waals surface area contributed by atoms with Gasteiger partial charge in [-0.1, -0.05) is 29.8 Å². The monoisotopic (exact) mass is 289 g/mol. The lowest BCUT2D eigenvalue weighted by atomic mass is 10.1. The highest BCUT2D eigenvalue weighted by Gasteiger charge is 2.09. The minimum absolute atomic E-state index is 0.0198. The number of carbonyl (C=O) groups excluding carboxylic acids is 1. The molecule has 1 atom stereocenters. The molecule has 0 aliphatic rings. The topological polar surface area (TPSA) is 54.0 Å². The van der Waals surface area contributed by atoms with Gasteiger partial charge in [-0.2, -0.15) is 0 Å². The van der Waals surface area contributed by atoms with Crippen molar-refractivity contribution in [3.63, 3.8) is 0 Å². The average Bonchev–Trinajstić information content (AvgIpc) is 2.83. The van der Waals surface area contributed by atoms with E-state index >= 15 is 0 Å². The maximum Gasteiger partial charge on any atom is 0.315 e. The van der Waals surface area contributed by atoms with E-state index in [2.05, 4.69) is 15.6 Å². The van der Waals surface area contributed by atoms with Crippen LogP contribution in [-0.4, -0.2) is 11.0 Å². The van der Waals surface area contributed by atoms with Crippen LogP contribution in [0.4, 0.5) is 4.79 Å². The van der Waals surface area contributed by atoms with E-state index in [1.165, 1.54) is 5.56 Å². The van der Waals surface area contributed by atoms with Crippen molar-refractivity contribution in [1.29, 1.82) is 0 Å². The van der Waals surface area contributed by atoms with Gasteiger partial charge in [-0.15, -0.1) is 11.3 Å². The number of rotatable bonds is 4. The number of hydrogen-bond acceptors (Lipinski definition) is 3. The number of urea groups is 1. The number of nitrogens with zero attached hydrogens (tertiary/aromatic N) is 1. The normalized spacial score (nSPS) is 11.9. The van der Waals surface area contributed by atoms with Crippen LogP contribution in [0.15, 0.2) is 29.6 Å². The summed E-state index contributed by atoms with van der Waals surface area (Å²) in [6, 6.07) is 7.96. The Bertz CT molecular complexity index is 577. The lowest BCUT2D eigenvalue weighted by Gasteiger charge is -2.15. The fourth-order valence-electron chi connectivity index (χ4n) is 1.83. The van der Waals surface area contributed by atoms with Gasteiger partial charge in [-0.05, 0) is 26.3 Å². The molecular formula is C15H19N3OS. The van der Waals surface area contributed by atoms with Gasteiger partial charge in [0, 0.05) is 11.1 Å². The van der Waals surface area contributed by atoms with Gasteiger partial charge in [0.1, 0.15) is 5.01 Å². The second-order valence-corrected chi connectivity index (χ2v) is 5.78. The van der Waals surface area contributed by atoms with E-state index in [9.17, 15) is 4.79 Å². The molecule has 0 fully saturated rings. The van der Waals surface area contributed by atoms with Crippen LogP contribution in [0.2, 0.25) is 0 Å². The number of nitrogens with one attached hydrogen (secondary N) is 2. The van der Waals surface area contributed by atoms with E-state index in [1.807, 2.05) is 50.4 Å². The molecule has 1 unspecified atom stereocenters. The van der Waals surface area contributed by atoms with Gasteiger partial charge in [0.2, 0.25) is 0 Å². The van der Waals surface area contributed by atoms with Crippen LogP contribution < -0.4 is 10.6 Å². The van der Waals surface area contributed by atoms with Gasteiger partial charge < -0.3 is 10.6 Å². The lowest BCUT2D eigenvalue weighted by Crippen LogP contribution is -2.36. The molecule has 5 heteroatoms. The molecule has 1 aromatic carbocycles. The van der Waals surface area contributed by atoms with Crippen molar-refractivity contribution in [1.82, 2.24) is 15.6 Å². The molecule has 0 bridgehead atoms. The Balaban J connectivity index is 1.83. The van der Waals surface area contributed by atoms with Crippen molar-refractivity contribution < 1.29 is 4.79 Å². The Kier molecular flexibility index (Phi) is 4.74. The zero-order valence-electron chi connectivity index (χ0n) is 11.9. The molecule has 0 aliphatic heterocycles. The quantitative estimate of drug-likeness (QED) is 0.907. The van der Waals surface area contributed by atoms with Gasteiger partial charge >= 0.3 is 6.03 Å². The minimum atomic E-state index is -0.175. The molecule has 0 aliphatic carbocycles. The number of hydrogen-bond donors (Lipinski definition) is 2. The van der Waals surface area contributed by atoms with Crippen LogP contribution in [0.5, 0.6) is 0 Å². The van der Waals surface area contributed by atoms with E-state index < -0.39 is 0 Å². The molecule has 0 saturated carbocycles. The molecule has 0 spiro atoms. The molecule has 2 aromatic rings. The summed E-state index contributed by atoms with van der Waals surface area (Å²) in [5.41, 5.74) is 3.29. The Morgan fingerprint density at radius 3 is 2.60 bits per heavy atom. The first-order chi connectivity index (χ1) is 9.54. The first kappa shape index (κ1) is 14.5. The maximum atomic E-state index is 11.8. The van der Waals surface area contributed by atoms with Crippen LogP contribution in [0, 0.1) is 13.8 Å². The number of aromatic nitrogens is 1. The van der Waals surface area contributed by atoms with Crippen molar-refractivity contribution in [2.75, 3.05) is 0 Å². The standard InChI is InChI=1S/C15H19N3OS/c1-10-4-6-13(7-5-10)12(3)18-15(19)16-8-14-17-11(2)9-20-14/h4-7,9,12H,8H2,1-3H3,(H2,16,18,19). The summed E-state index contributed by atoms with van der Waals surface area (Å²) >= 11 is 1.55. The largest absolute Gasteiger partial charge is 0.332 e. The summed E-state index contributed by atoms with van der Waals surface area (Å²) in [7, 11) is 0. The molecule has 2 N–H and O–H groups in total. The van der Waals surface area contributed by atoms with E-state index in [0.29, 0.717) is 6.54 Å². The molecule has 20 heavy (non-hydrogen) atoms. The summed E-state index contributed by atoms with van der Waals surface area (Å²) in [6.07, 6.45) is 0. The molecule has 2 amide bonds. The van der Waals surface area contributed by atoms with Gasteiger partial charge in [0.15, 0.2) is 0 Å². The fraction of sp³-hybridized carbons (Fsp3) is 0.333. The number of carbonyl (C=O) groups is 1. The highest BCUT2D eigenvalue weighted by atomic mass is 32.1. The number of aryl methyl sites for hydroxylation is 2. The fourth-order valence-corrected chi connectivity index (χ4v) is 2.54. The van der Waals surface area contributed by atoms with Crippen LogP contribution >= 0.6 is 11.3 Å². The molecule has 106 valence electrons. The zero-order chi connectivity index (χ0) is 14.5. The van der Waals surface area contributed by atoms with Crippen molar-refractivity contribution >= 4 is 17.4 Å². The van der Waals surface area contributed by atoms with E-state index in [4.69, 9.17) is 0 Å². The second kappa shape index (κ2) is 6.52. The van der Waals surface area contributed by atoms with Crippen LogP contribution in [0.3, 0.4) is 0 Å². The Morgan fingerprint density at radius 2 is 2.00 bits per heavy atom. The minimum Gasteiger partial charge on any atom is -0.332 e. The average molecular weight is 289 g/mol. The van der Waals surface area contributed by atoms with Crippen molar-refractivity contribution in [2.45, 2.75) is 33.4 Å². The Hall–Kier alpha value is -1.88. The summed E-state index contributed by atoms with van der Waals surface area (Å²) in [5, 5.41) is 8.63. The second-order valence-electron chi connectivity index (χ2n) is 4.84. The Morgan fingerprint density at radius 1 is 1.30 bits per heavy atom. The highest BCUT2D eigenvalue weighted by Crippen LogP contribution is 2.13. The van der Waals surface area contributed by atoms with Gasteiger partial charge in [0.25, 0.3) is 0 Å². The third kappa shape index (κ3) is 4.06. The van der Waals surface area contributed by atoms with Crippen molar-refractivity contribution in [3.05, 3.63) is 51.5 Å². The van der Waals surface area contributed by atoms with Crippen molar-refractivity contribution in [2.24, 2.45) is 0 Å². The smallest absolute Gasteiger partial charge is 0.315 e. The molecule has 0 radical (unpaired) electrons. The molecule has 0 saturated heterocycles. The molecular weight excluding hydrogens is 270 g/mol. The SMILES string of the molecule is Cc1ccc(C(C)NC(=O)NCc2nc(C)cs2)cc1. The van der Waals surface area contributed by atoms with Crippen LogP contribution in [-0.2, 0) is 6.54 Å². The molecule has 1 aromatic heterocycles. The molecule has 4 nitrogen and oxygen atoms in total. The number of benzene rings is 1. The third-order valence-electron chi connectivity index (χ3n) is 2.99. The molecule has 1 heterocycles. The van der Waals surface area contributed by atoms with Gasteiger partial charge in [-0.3, -0.25) is 0 Å². The Labute approximate surface area is 123 Å². The third-order valence-corrected chi connectivity index (χ3v) is 3.96. The predicted molar refractivity (Wildman–Crippen MR) is 81.8 cm³/mol.